The third-order valence-electron chi connectivity index (χ3n) is 3.87. The van der Waals surface area contributed by atoms with E-state index in [0.29, 0.717) is 6.54 Å². The standard InChI is InChI=1S/C20H24N2O3S/c1-16-8-9-19(17(2)14-16)15-21-20(23)10-12-22-26(24,25)13-11-18-6-4-3-5-7-18/h3-9,11,13-14,22H,10,12,15H2,1-2H3,(H,21,23)/b13-11+. The number of nitrogens with one attached hydrogen (secondary N) is 2. The summed E-state index contributed by atoms with van der Waals surface area (Å²) >= 11 is 0. The van der Waals surface area contributed by atoms with Gasteiger partial charge in [0.2, 0.25) is 15.9 Å². The SMILES string of the molecule is Cc1ccc(CNC(=O)CCNS(=O)(=O)/C=C/c2ccccc2)c(C)c1. The molecule has 0 aromatic heterocycles. The van der Waals surface area contributed by atoms with Crippen molar-refractivity contribution in [3.05, 3.63) is 76.2 Å². The van der Waals surface area contributed by atoms with Gasteiger partial charge in [-0.25, -0.2) is 13.1 Å². The Labute approximate surface area is 155 Å². The first kappa shape index (κ1) is 19.9. The van der Waals surface area contributed by atoms with Crippen LogP contribution in [0.1, 0.15) is 28.7 Å². The molecule has 0 saturated heterocycles. The molecule has 5 nitrogen and oxygen atoms in total. The highest BCUT2D eigenvalue weighted by molar-refractivity contribution is 7.92. The lowest BCUT2D eigenvalue weighted by atomic mass is 10.1. The Morgan fingerprint density at radius 1 is 1.08 bits per heavy atom. The maximum Gasteiger partial charge on any atom is 0.233 e. The number of amides is 1. The molecule has 0 saturated carbocycles. The average Bonchev–Trinajstić information content (AvgIpc) is 2.60. The maximum absolute atomic E-state index is 11.9. The highest BCUT2D eigenvalue weighted by Gasteiger charge is 2.07. The van der Waals surface area contributed by atoms with Gasteiger partial charge in [0.1, 0.15) is 0 Å². The van der Waals surface area contributed by atoms with Crippen LogP contribution in [0.5, 0.6) is 0 Å². The van der Waals surface area contributed by atoms with E-state index in [1.54, 1.807) is 0 Å². The van der Waals surface area contributed by atoms with Crippen molar-refractivity contribution in [1.82, 2.24) is 10.0 Å². The number of rotatable bonds is 8. The van der Waals surface area contributed by atoms with Crippen molar-refractivity contribution in [2.24, 2.45) is 0 Å². The summed E-state index contributed by atoms with van der Waals surface area (Å²) in [6.07, 6.45) is 1.60. The predicted molar refractivity (Wildman–Crippen MR) is 105 cm³/mol. The van der Waals surface area contributed by atoms with E-state index in [9.17, 15) is 13.2 Å². The monoisotopic (exact) mass is 372 g/mol. The van der Waals surface area contributed by atoms with Crippen molar-refractivity contribution in [2.75, 3.05) is 6.54 Å². The summed E-state index contributed by atoms with van der Waals surface area (Å²) in [7, 11) is -3.56. The smallest absolute Gasteiger partial charge is 0.233 e. The highest BCUT2D eigenvalue weighted by Crippen LogP contribution is 2.10. The van der Waals surface area contributed by atoms with Crippen LogP contribution in [-0.2, 0) is 21.4 Å². The summed E-state index contributed by atoms with van der Waals surface area (Å²) in [5.41, 5.74) is 4.15. The van der Waals surface area contributed by atoms with Crippen molar-refractivity contribution in [3.8, 4) is 0 Å². The molecule has 6 heteroatoms. The number of carbonyl (C=O) groups excluding carboxylic acids is 1. The van der Waals surface area contributed by atoms with Crippen LogP contribution in [0.25, 0.3) is 6.08 Å². The molecule has 138 valence electrons. The van der Waals surface area contributed by atoms with E-state index < -0.39 is 10.0 Å². The largest absolute Gasteiger partial charge is 0.352 e. The molecule has 2 N–H and O–H groups in total. The quantitative estimate of drug-likeness (QED) is 0.748. The van der Waals surface area contributed by atoms with Crippen molar-refractivity contribution in [3.63, 3.8) is 0 Å². The molecule has 0 radical (unpaired) electrons. The zero-order chi connectivity index (χ0) is 19.0. The minimum Gasteiger partial charge on any atom is -0.352 e. The van der Waals surface area contributed by atoms with Gasteiger partial charge in [-0.3, -0.25) is 4.79 Å². The lowest BCUT2D eigenvalue weighted by Gasteiger charge is -2.09. The summed E-state index contributed by atoms with van der Waals surface area (Å²) in [6, 6.07) is 15.2. The predicted octanol–water partition coefficient (Wildman–Crippen LogP) is 2.90. The minimum atomic E-state index is -3.56. The lowest BCUT2D eigenvalue weighted by Crippen LogP contribution is -2.29. The molecule has 0 aliphatic heterocycles. The Bertz CT molecular complexity index is 875. The number of aryl methyl sites for hydroxylation is 2. The number of benzene rings is 2. The molecule has 0 fully saturated rings. The summed E-state index contributed by atoms with van der Waals surface area (Å²) in [5.74, 6) is -0.195. The molecule has 0 heterocycles. The highest BCUT2D eigenvalue weighted by atomic mass is 32.2. The van der Waals surface area contributed by atoms with Gasteiger partial charge < -0.3 is 5.32 Å². The molecule has 1 amide bonds. The molecule has 2 aromatic rings. The Kier molecular flexibility index (Phi) is 7.12. The second kappa shape index (κ2) is 9.31. The Hall–Kier alpha value is -2.44. The molecule has 0 aliphatic rings. The Balaban J connectivity index is 1.76. The number of carbonyl (C=O) groups is 1. The number of hydrogen-bond donors (Lipinski definition) is 2. The van der Waals surface area contributed by atoms with E-state index in [1.807, 2.05) is 56.3 Å². The maximum atomic E-state index is 11.9. The van der Waals surface area contributed by atoms with Crippen molar-refractivity contribution in [1.29, 1.82) is 0 Å². The van der Waals surface area contributed by atoms with Gasteiger partial charge in [-0.05, 0) is 36.6 Å². The zero-order valence-electron chi connectivity index (χ0n) is 15.0. The first-order valence-corrected chi connectivity index (χ1v) is 9.96. The van der Waals surface area contributed by atoms with E-state index in [4.69, 9.17) is 0 Å². The topological polar surface area (TPSA) is 75.3 Å². The lowest BCUT2D eigenvalue weighted by molar-refractivity contribution is -0.121. The fourth-order valence-electron chi connectivity index (χ4n) is 2.41. The molecule has 0 bridgehead atoms. The third-order valence-corrected chi connectivity index (χ3v) is 4.97. The average molecular weight is 372 g/mol. The van der Waals surface area contributed by atoms with E-state index in [0.717, 1.165) is 22.1 Å². The van der Waals surface area contributed by atoms with Crippen molar-refractivity contribution < 1.29 is 13.2 Å². The van der Waals surface area contributed by atoms with E-state index in [1.165, 1.54) is 11.6 Å². The van der Waals surface area contributed by atoms with Gasteiger partial charge in [0.05, 0.1) is 0 Å². The fourth-order valence-corrected chi connectivity index (χ4v) is 3.23. The molecule has 0 aliphatic carbocycles. The van der Waals surface area contributed by atoms with Gasteiger partial charge in [0.15, 0.2) is 0 Å². The molecule has 2 aromatic carbocycles. The van der Waals surface area contributed by atoms with Crippen LogP contribution in [0, 0.1) is 13.8 Å². The van der Waals surface area contributed by atoms with Crippen LogP contribution in [-0.4, -0.2) is 20.9 Å². The van der Waals surface area contributed by atoms with Crippen LogP contribution in [0.3, 0.4) is 0 Å². The summed E-state index contributed by atoms with van der Waals surface area (Å²) < 4.78 is 26.2. The Morgan fingerprint density at radius 2 is 1.81 bits per heavy atom. The zero-order valence-corrected chi connectivity index (χ0v) is 15.8. The molecular formula is C20H24N2O3S. The molecule has 26 heavy (non-hydrogen) atoms. The van der Waals surface area contributed by atoms with Crippen molar-refractivity contribution in [2.45, 2.75) is 26.8 Å². The minimum absolute atomic E-state index is 0.0557. The second-order valence-electron chi connectivity index (χ2n) is 6.11. The first-order chi connectivity index (χ1) is 12.4. The Morgan fingerprint density at radius 3 is 2.50 bits per heavy atom. The molecule has 0 spiro atoms. The van der Waals surface area contributed by atoms with Crippen LogP contribution in [0.15, 0.2) is 53.9 Å². The van der Waals surface area contributed by atoms with Crippen LogP contribution < -0.4 is 10.0 Å². The van der Waals surface area contributed by atoms with Gasteiger partial charge in [-0.2, -0.15) is 0 Å². The van der Waals surface area contributed by atoms with E-state index >= 15 is 0 Å². The molecular weight excluding hydrogens is 348 g/mol. The van der Waals surface area contributed by atoms with Gasteiger partial charge in [-0.1, -0.05) is 54.1 Å². The van der Waals surface area contributed by atoms with Gasteiger partial charge in [-0.15, -0.1) is 0 Å². The fraction of sp³-hybridized carbons (Fsp3) is 0.250. The number of sulfonamides is 1. The van der Waals surface area contributed by atoms with Gasteiger partial charge in [0, 0.05) is 24.9 Å². The van der Waals surface area contributed by atoms with Crippen molar-refractivity contribution >= 4 is 22.0 Å². The first-order valence-electron chi connectivity index (χ1n) is 8.41. The van der Waals surface area contributed by atoms with Crippen LogP contribution in [0.4, 0.5) is 0 Å². The third kappa shape index (κ3) is 6.82. The normalized spacial score (nSPS) is 11.6. The molecule has 0 atom stereocenters. The van der Waals surface area contributed by atoms with Gasteiger partial charge in [0.25, 0.3) is 0 Å². The van der Waals surface area contributed by atoms with Crippen LogP contribution >= 0.6 is 0 Å². The summed E-state index contributed by atoms with van der Waals surface area (Å²) in [6.45, 7) is 4.52. The summed E-state index contributed by atoms with van der Waals surface area (Å²) in [5, 5.41) is 3.92. The van der Waals surface area contributed by atoms with E-state index in [2.05, 4.69) is 16.1 Å². The second-order valence-corrected chi connectivity index (χ2v) is 7.76. The molecule has 2 rings (SSSR count). The number of hydrogen-bond acceptors (Lipinski definition) is 3. The summed E-state index contributed by atoms with van der Waals surface area (Å²) in [4.78, 5) is 11.9. The van der Waals surface area contributed by atoms with Gasteiger partial charge >= 0.3 is 0 Å². The molecule has 0 unspecified atom stereocenters. The van der Waals surface area contributed by atoms with Crippen LogP contribution in [0.2, 0.25) is 0 Å². The van der Waals surface area contributed by atoms with E-state index in [-0.39, 0.29) is 18.9 Å².